The van der Waals surface area contributed by atoms with Crippen LogP contribution in [0.3, 0.4) is 0 Å². The molecule has 1 amide bonds. The highest BCUT2D eigenvalue weighted by Crippen LogP contribution is 2.20. The Morgan fingerprint density at radius 1 is 1.16 bits per heavy atom. The maximum Gasteiger partial charge on any atom is 0.256 e. The van der Waals surface area contributed by atoms with Crippen LogP contribution in [0.2, 0.25) is 0 Å². The fraction of sp³-hybridized carbons (Fsp3) is 0.421. The Hall–Kier alpha value is -2.47. The molecule has 1 aromatic carbocycles. The second kappa shape index (κ2) is 7.19. The summed E-state index contributed by atoms with van der Waals surface area (Å²) in [7, 11) is 0. The topological polar surface area (TPSA) is 53.7 Å². The first kappa shape index (κ1) is 16.0. The molecule has 0 saturated carbocycles. The summed E-state index contributed by atoms with van der Waals surface area (Å²) >= 11 is 0. The Morgan fingerprint density at radius 3 is 2.84 bits per heavy atom. The third-order valence-electron chi connectivity index (χ3n) is 4.99. The van der Waals surface area contributed by atoms with Gasteiger partial charge in [0, 0.05) is 24.9 Å². The van der Waals surface area contributed by atoms with Crippen molar-refractivity contribution in [2.24, 2.45) is 5.10 Å². The number of likely N-dealkylation sites (tertiary alicyclic amines) is 1. The van der Waals surface area contributed by atoms with Crippen LogP contribution in [-0.4, -0.2) is 57.0 Å². The first-order valence-electron chi connectivity index (χ1n) is 8.94. The average Bonchev–Trinajstić information content (AvgIpc) is 3.38. The molecular formula is C19H23N5O. The number of hydrogen-bond donors (Lipinski definition) is 0. The zero-order chi connectivity index (χ0) is 17.1. The molecule has 0 radical (unpaired) electrons. The van der Waals surface area contributed by atoms with Gasteiger partial charge < -0.3 is 0 Å². The predicted octanol–water partition coefficient (Wildman–Crippen LogP) is 1.98. The maximum atomic E-state index is 12.7. The summed E-state index contributed by atoms with van der Waals surface area (Å²) in [6.07, 6.45) is 6.86. The molecule has 6 nitrogen and oxygen atoms in total. The van der Waals surface area contributed by atoms with E-state index in [9.17, 15) is 4.79 Å². The zero-order valence-corrected chi connectivity index (χ0v) is 14.3. The van der Waals surface area contributed by atoms with E-state index in [-0.39, 0.29) is 5.91 Å². The first-order chi connectivity index (χ1) is 12.3. The summed E-state index contributed by atoms with van der Waals surface area (Å²) in [6.45, 7) is 2.94. The lowest BCUT2D eigenvalue weighted by Gasteiger charge is -2.25. The average molecular weight is 337 g/mol. The van der Waals surface area contributed by atoms with Gasteiger partial charge in [0.25, 0.3) is 5.91 Å². The number of benzene rings is 1. The molecule has 0 unspecified atom stereocenters. The van der Waals surface area contributed by atoms with Crippen LogP contribution in [0.5, 0.6) is 0 Å². The highest BCUT2D eigenvalue weighted by atomic mass is 16.2. The summed E-state index contributed by atoms with van der Waals surface area (Å²) < 4.78 is 1.95. The Kier molecular flexibility index (Phi) is 4.61. The third kappa shape index (κ3) is 3.64. The number of carbonyl (C=O) groups is 1. The van der Waals surface area contributed by atoms with Gasteiger partial charge in [-0.05, 0) is 31.0 Å². The molecule has 4 rings (SSSR count). The van der Waals surface area contributed by atoms with E-state index >= 15 is 0 Å². The van der Waals surface area contributed by atoms with Gasteiger partial charge in [-0.25, -0.2) is 5.01 Å². The van der Waals surface area contributed by atoms with E-state index in [1.165, 1.54) is 0 Å². The van der Waals surface area contributed by atoms with Gasteiger partial charge in [-0.2, -0.15) is 10.2 Å². The van der Waals surface area contributed by atoms with Crippen LogP contribution in [0, 0.1) is 0 Å². The third-order valence-corrected chi connectivity index (χ3v) is 4.99. The van der Waals surface area contributed by atoms with Gasteiger partial charge in [0.15, 0.2) is 0 Å². The van der Waals surface area contributed by atoms with Gasteiger partial charge >= 0.3 is 0 Å². The Bertz CT molecular complexity index is 740. The van der Waals surface area contributed by atoms with Gasteiger partial charge in [0.05, 0.1) is 25.3 Å². The molecule has 2 aromatic rings. The normalized spacial score (nSPS) is 20.9. The summed E-state index contributed by atoms with van der Waals surface area (Å²) in [5.41, 5.74) is 2.11. The van der Waals surface area contributed by atoms with Crippen molar-refractivity contribution in [3.05, 3.63) is 54.4 Å². The summed E-state index contributed by atoms with van der Waals surface area (Å²) in [5, 5.41) is 10.5. The van der Waals surface area contributed by atoms with E-state index < -0.39 is 0 Å². The van der Waals surface area contributed by atoms with E-state index in [4.69, 9.17) is 0 Å². The number of aromatic nitrogens is 2. The van der Waals surface area contributed by atoms with Crippen molar-refractivity contribution in [1.29, 1.82) is 0 Å². The molecule has 1 fully saturated rings. The molecule has 0 bridgehead atoms. The number of nitrogens with zero attached hydrogens (tertiary/aromatic N) is 5. The number of carbonyl (C=O) groups excluding carboxylic acids is 1. The molecule has 0 N–H and O–H groups in total. The van der Waals surface area contributed by atoms with Crippen molar-refractivity contribution in [3.8, 4) is 0 Å². The second-order valence-corrected chi connectivity index (χ2v) is 6.67. The lowest BCUT2D eigenvalue weighted by molar-refractivity contribution is -0.132. The molecule has 6 heteroatoms. The van der Waals surface area contributed by atoms with Crippen LogP contribution in [0.1, 0.15) is 24.8 Å². The highest BCUT2D eigenvalue weighted by molar-refractivity contribution is 6.02. The number of hydrogen-bond acceptors (Lipinski definition) is 4. The van der Waals surface area contributed by atoms with Crippen molar-refractivity contribution in [2.45, 2.75) is 31.8 Å². The molecule has 3 heterocycles. The van der Waals surface area contributed by atoms with E-state index in [0.29, 0.717) is 19.1 Å². The van der Waals surface area contributed by atoms with Gasteiger partial charge in [-0.1, -0.05) is 30.3 Å². The highest BCUT2D eigenvalue weighted by Gasteiger charge is 2.29. The molecule has 0 spiro atoms. The lowest BCUT2D eigenvalue weighted by atomic mass is 10.1. The van der Waals surface area contributed by atoms with Crippen LogP contribution < -0.4 is 0 Å². The van der Waals surface area contributed by atoms with Crippen molar-refractivity contribution >= 4 is 11.6 Å². The molecule has 130 valence electrons. The minimum absolute atomic E-state index is 0.0956. The number of amides is 1. The number of hydrazone groups is 1. The second-order valence-electron chi connectivity index (χ2n) is 6.67. The van der Waals surface area contributed by atoms with E-state index in [0.717, 1.165) is 43.6 Å². The van der Waals surface area contributed by atoms with Gasteiger partial charge in [-0.3, -0.25) is 14.4 Å². The quantitative estimate of drug-likeness (QED) is 0.838. The monoisotopic (exact) mass is 337 g/mol. The minimum Gasteiger partial charge on any atom is -0.290 e. The minimum atomic E-state index is 0.0956. The summed E-state index contributed by atoms with van der Waals surface area (Å²) in [6, 6.07) is 12.4. The Labute approximate surface area is 147 Å². The fourth-order valence-electron chi connectivity index (χ4n) is 3.66. The SMILES string of the molecule is O=C(CN1CCC[C@@H]1Cn1cccn1)N1CCC(c2ccccc2)=N1. The molecule has 2 aliphatic rings. The molecule has 2 aliphatic heterocycles. The van der Waals surface area contributed by atoms with Crippen LogP contribution in [0.15, 0.2) is 53.9 Å². The first-order valence-corrected chi connectivity index (χ1v) is 8.94. The van der Waals surface area contributed by atoms with E-state index in [1.807, 2.05) is 47.3 Å². The largest absolute Gasteiger partial charge is 0.290 e. The van der Waals surface area contributed by atoms with Gasteiger partial charge in [0.2, 0.25) is 0 Å². The summed E-state index contributed by atoms with van der Waals surface area (Å²) in [5.74, 6) is 0.0956. The van der Waals surface area contributed by atoms with Crippen molar-refractivity contribution < 1.29 is 4.79 Å². The lowest BCUT2D eigenvalue weighted by Crippen LogP contribution is -2.41. The molecule has 0 aliphatic carbocycles. The van der Waals surface area contributed by atoms with Gasteiger partial charge in [-0.15, -0.1) is 0 Å². The summed E-state index contributed by atoms with van der Waals surface area (Å²) in [4.78, 5) is 15.0. The molecule has 1 aromatic heterocycles. The van der Waals surface area contributed by atoms with Crippen LogP contribution >= 0.6 is 0 Å². The van der Waals surface area contributed by atoms with Crippen molar-refractivity contribution in [2.75, 3.05) is 19.6 Å². The smallest absolute Gasteiger partial charge is 0.256 e. The standard InChI is InChI=1S/C19H23N5O/c25-19(24-13-9-18(21-24)16-6-2-1-3-7-16)15-22-11-4-8-17(22)14-23-12-5-10-20-23/h1-3,5-7,10,12,17H,4,8-9,11,13-15H2/t17-/m1/s1. The number of rotatable bonds is 5. The Morgan fingerprint density at radius 2 is 2.04 bits per heavy atom. The predicted molar refractivity (Wildman–Crippen MR) is 96.1 cm³/mol. The van der Waals surface area contributed by atoms with Gasteiger partial charge in [0.1, 0.15) is 0 Å². The molecule has 1 atom stereocenters. The van der Waals surface area contributed by atoms with Crippen LogP contribution in [-0.2, 0) is 11.3 Å². The van der Waals surface area contributed by atoms with Crippen LogP contribution in [0.25, 0.3) is 0 Å². The molecule has 1 saturated heterocycles. The molecular weight excluding hydrogens is 314 g/mol. The van der Waals surface area contributed by atoms with Crippen molar-refractivity contribution in [1.82, 2.24) is 19.7 Å². The maximum absolute atomic E-state index is 12.7. The zero-order valence-electron chi connectivity index (χ0n) is 14.3. The van der Waals surface area contributed by atoms with Crippen molar-refractivity contribution in [3.63, 3.8) is 0 Å². The van der Waals surface area contributed by atoms with E-state index in [2.05, 4.69) is 15.1 Å². The Balaban J connectivity index is 1.37. The fourth-order valence-corrected chi connectivity index (χ4v) is 3.66. The van der Waals surface area contributed by atoms with E-state index in [1.54, 1.807) is 11.2 Å². The molecule has 25 heavy (non-hydrogen) atoms. The van der Waals surface area contributed by atoms with Crippen LogP contribution in [0.4, 0.5) is 0 Å².